The van der Waals surface area contributed by atoms with E-state index in [-0.39, 0.29) is 6.61 Å². The summed E-state index contributed by atoms with van der Waals surface area (Å²) in [7, 11) is 0. The molecule has 158 valence electrons. The standard InChI is InChI=1S/C20H32N2O6/c1-3-5-7-10-20(11-8-6-4-2)27-16-14(13-23)26-18(17(16)28-20)22-12-9-15(24)21-19(22)25/h9,12,14,16-18,23H,3-8,10-11,13H2,1-2H3,(H,21,24,25)/t14-,16-,17+,18-/m1/s1. The molecule has 0 spiro atoms. The highest BCUT2D eigenvalue weighted by atomic mass is 16.8. The minimum Gasteiger partial charge on any atom is -0.394 e. The summed E-state index contributed by atoms with van der Waals surface area (Å²) >= 11 is 0. The molecule has 0 saturated carbocycles. The Labute approximate surface area is 164 Å². The van der Waals surface area contributed by atoms with E-state index in [0.29, 0.717) is 0 Å². The molecule has 2 aliphatic rings. The quantitative estimate of drug-likeness (QED) is 0.587. The van der Waals surface area contributed by atoms with Crippen LogP contribution in [0.5, 0.6) is 0 Å². The monoisotopic (exact) mass is 396 g/mol. The summed E-state index contributed by atoms with van der Waals surface area (Å²) in [5.74, 6) is -0.707. The first kappa shape index (κ1) is 21.2. The number of aromatic amines is 1. The second-order valence-electron chi connectivity index (χ2n) is 7.75. The molecule has 2 aliphatic heterocycles. The predicted molar refractivity (Wildman–Crippen MR) is 103 cm³/mol. The number of nitrogens with one attached hydrogen (secondary N) is 1. The van der Waals surface area contributed by atoms with Crippen LogP contribution in [-0.2, 0) is 14.2 Å². The molecular formula is C20H32N2O6. The summed E-state index contributed by atoms with van der Waals surface area (Å²) < 4.78 is 20.0. The van der Waals surface area contributed by atoms with Crippen LogP contribution in [0.4, 0.5) is 0 Å². The van der Waals surface area contributed by atoms with Gasteiger partial charge in [-0.1, -0.05) is 39.5 Å². The molecule has 2 fully saturated rings. The number of unbranched alkanes of at least 4 members (excludes halogenated alkanes) is 4. The van der Waals surface area contributed by atoms with Crippen LogP contribution in [0.15, 0.2) is 21.9 Å². The fourth-order valence-corrected chi connectivity index (χ4v) is 4.15. The van der Waals surface area contributed by atoms with E-state index in [1.807, 2.05) is 0 Å². The van der Waals surface area contributed by atoms with Gasteiger partial charge in [0, 0.05) is 25.1 Å². The van der Waals surface area contributed by atoms with E-state index in [2.05, 4.69) is 18.8 Å². The lowest BCUT2D eigenvalue weighted by molar-refractivity contribution is -0.228. The summed E-state index contributed by atoms with van der Waals surface area (Å²) in [6.07, 6.45) is 7.09. The Kier molecular flexibility index (Phi) is 7.09. The third-order valence-electron chi connectivity index (χ3n) is 5.61. The topological polar surface area (TPSA) is 103 Å². The van der Waals surface area contributed by atoms with Crippen molar-refractivity contribution in [3.63, 3.8) is 0 Å². The average molecular weight is 396 g/mol. The van der Waals surface area contributed by atoms with Gasteiger partial charge in [0.2, 0.25) is 0 Å². The van der Waals surface area contributed by atoms with Gasteiger partial charge >= 0.3 is 5.69 Å². The number of fused-ring (bicyclic) bond motifs is 1. The highest BCUT2D eigenvalue weighted by Crippen LogP contribution is 2.46. The second kappa shape index (κ2) is 9.35. The molecule has 0 aromatic carbocycles. The van der Waals surface area contributed by atoms with E-state index in [4.69, 9.17) is 14.2 Å². The van der Waals surface area contributed by atoms with Crippen molar-refractivity contribution < 1.29 is 19.3 Å². The summed E-state index contributed by atoms with van der Waals surface area (Å²) in [6, 6.07) is 1.28. The molecule has 4 atom stereocenters. The molecular weight excluding hydrogens is 364 g/mol. The maximum absolute atomic E-state index is 12.3. The number of aromatic nitrogens is 2. The van der Waals surface area contributed by atoms with Crippen LogP contribution in [-0.4, -0.2) is 45.4 Å². The Morgan fingerprint density at radius 3 is 2.29 bits per heavy atom. The molecule has 0 radical (unpaired) electrons. The second-order valence-corrected chi connectivity index (χ2v) is 7.75. The van der Waals surface area contributed by atoms with Gasteiger partial charge in [-0.2, -0.15) is 0 Å². The van der Waals surface area contributed by atoms with Crippen molar-refractivity contribution in [2.24, 2.45) is 0 Å². The largest absolute Gasteiger partial charge is 0.394 e. The molecule has 3 heterocycles. The van der Waals surface area contributed by atoms with Crippen molar-refractivity contribution in [3.05, 3.63) is 33.1 Å². The van der Waals surface area contributed by atoms with Gasteiger partial charge in [0.25, 0.3) is 5.56 Å². The van der Waals surface area contributed by atoms with E-state index >= 15 is 0 Å². The molecule has 0 unspecified atom stereocenters. The minimum absolute atomic E-state index is 0.223. The van der Waals surface area contributed by atoms with Gasteiger partial charge in [0.15, 0.2) is 12.0 Å². The smallest absolute Gasteiger partial charge is 0.330 e. The molecule has 3 rings (SSSR count). The lowest BCUT2D eigenvalue weighted by Gasteiger charge is -2.31. The van der Waals surface area contributed by atoms with E-state index in [1.54, 1.807) is 0 Å². The lowest BCUT2D eigenvalue weighted by Crippen LogP contribution is -2.38. The van der Waals surface area contributed by atoms with E-state index < -0.39 is 41.6 Å². The third-order valence-corrected chi connectivity index (χ3v) is 5.61. The van der Waals surface area contributed by atoms with Crippen LogP contribution in [0.2, 0.25) is 0 Å². The Bertz CT molecular complexity index is 735. The van der Waals surface area contributed by atoms with E-state index in [9.17, 15) is 14.7 Å². The number of aliphatic hydroxyl groups excluding tert-OH is 1. The Morgan fingerprint density at radius 2 is 1.71 bits per heavy atom. The van der Waals surface area contributed by atoms with Crippen molar-refractivity contribution in [2.75, 3.05) is 6.61 Å². The summed E-state index contributed by atoms with van der Waals surface area (Å²) in [4.78, 5) is 25.9. The van der Waals surface area contributed by atoms with Crippen molar-refractivity contribution in [1.29, 1.82) is 0 Å². The fraction of sp³-hybridized carbons (Fsp3) is 0.800. The predicted octanol–water partition coefficient (Wildman–Crippen LogP) is 2.07. The molecule has 2 N–H and O–H groups in total. The van der Waals surface area contributed by atoms with Crippen molar-refractivity contribution >= 4 is 0 Å². The maximum Gasteiger partial charge on any atom is 0.330 e. The van der Waals surface area contributed by atoms with Gasteiger partial charge in [0.1, 0.15) is 18.3 Å². The number of nitrogens with zero attached hydrogens (tertiary/aromatic N) is 1. The number of ether oxygens (including phenoxy) is 3. The Balaban J connectivity index is 1.84. The number of aliphatic hydroxyl groups is 1. The third kappa shape index (κ3) is 4.40. The normalized spacial score (nSPS) is 28.5. The van der Waals surface area contributed by atoms with Gasteiger partial charge in [-0.05, 0) is 12.8 Å². The molecule has 1 aromatic rings. The first-order chi connectivity index (χ1) is 13.5. The molecule has 8 heteroatoms. The highest BCUT2D eigenvalue weighted by molar-refractivity contribution is 5.00. The van der Waals surface area contributed by atoms with Gasteiger partial charge in [-0.25, -0.2) is 4.79 Å². The summed E-state index contributed by atoms with van der Waals surface area (Å²) in [6.45, 7) is 4.09. The van der Waals surface area contributed by atoms with Crippen LogP contribution in [0.3, 0.4) is 0 Å². The highest BCUT2D eigenvalue weighted by Gasteiger charge is 2.58. The Morgan fingerprint density at radius 1 is 1.07 bits per heavy atom. The van der Waals surface area contributed by atoms with Crippen LogP contribution in [0.25, 0.3) is 0 Å². The first-order valence-electron chi connectivity index (χ1n) is 10.5. The number of H-pyrrole nitrogens is 1. The molecule has 28 heavy (non-hydrogen) atoms. The molecule has 8 nitrogen and oxygen atoms in total. The Hall–Kier alpha value is -1.48. The van der Waals surface area contributed by atoms with Gasteiger partial charge < -0.3 is 19.3 Å². The summed E-state index contributed by atoms with van der Waals surface area (Å²) in [5.41, 5.74) is -1.03. The van der Waals surface area contributed by atoms with Crippen molar-refractivity contribution in [1.82, 2.24) is 9.55 Å². The number of hydrogen-bond donors (Lipinski definition) is 2. The van der Waals surface area contributed by atoms with Crippen LogP contribution in [0, 0.1) is 0 Å². The zero-order chi connectivity index (χ0) is 20.1. The van der Waals surface area contributed by atoms with Gasteiger partial charge in [-0.15, -0.1) is 0 Å². The number of rotatable bonds is 10. The van der Waals surface area contributed by atoms with Gasteiger partial charge in [0.05, 0.1) is 6.61 Å². The van der Waals surface area contributed by atoms with Crippen molar-refractivity contribution in [2.45, 2.75) is 95.5 Å². The van der Waals surface area contributed by atoms with Crippen LogP contribution < -0.4 is 11.2 Å². The zero-order valence-electron chi connectivity index (χ0n) is 16.8. The van der Waals surface area contributed by atoms with Gasteiger partial charge in [-0.3, -0.25) is 14.3 Å². The van der Waals surface area contributed by atoms with E-state index in [0.717, 1.165) is 51.4 Å². The number of hydrogen-bond acceptors (Lipinski definition) is 6. The van der Waals surface area contributed by atoms with Crippen molar-refractivity contribution in [3.8, 4) is 0 Å². The maximum atomic E-state index is 12.3. The lowest BCUT2D eigenvalue weighted by atomic mass is 10.0. The summed E-state index contributed by atoms with van der Waals surface area (Å²) in [5, 5.41) is 9.78. The average Bonchev–Trinajstić information content (AvgIpc) is 3.18. The SMILES string of the molecule is CCCCCC1(CCCCC)O[C@H]2[C@H](O1)[C@@H](CO)O[C@H]2n1ccc(=O)[nH]c1=O. The zero-order valence-corrected chi connectivity index (χ0v) is 16.8. The minimum atomic E-state index is -0.745. The fourth-order valence-electron chi connectivity index (χ4n) is 4.15. The first-order valence-corrected chi connectivity index (χ1v) is 10.5. The van der Waals surface area contributed by atoms with E-state index in [1.165, 1.54) is 16.8 Å². The molecule has 0 amide bonds. The molecule has 2 saturated heterocycles. The molecule has 0 bridgehead atoms. The van der Waals surface area contributed by atoms with Crippen LogP contribution >= 0.6 is 0 Å². The molecule has 0 aliphatic carbocycles. The molecule has 1 aromatic heterocycles. The van der Waals surface area contributed by atoms with Crippen LogP contribution in [0.1, 0.15) is 71.4 Å².